The van der Waals surface area contributed by atoms with Crippen molar-refractivity contribution in [2.75, 3.05) is 19.0 Å². The van der Waals surface area contributed by atoms with Gasteiger partial charge in [0.25, 0.3) is 0 Å². The molecule has 1 N–H and O–H groups in total. The second-order valence-electron chi connectivity index (χ2n) is 5.34. The molecule has 0 atom stereocenters. The molecule has 5 nitrogen and oxygen atoms in total. The van der Waals surface area contributed by atoms with E-state index >= 15 is 0 Å². The molecule has 0 saturated carbocycles. The molecule has 1 amide bonds. The van der Waals surface area contributed by atoms with Crippen LogP contribution in [0.4, 0.5) is 0 Å². The second-order valence-corrected chi connectivity index (χ2v) is 6.33. The molecule has 138 valence electrons. The highest BCUT2D eigenvalue weighted by Crippen LogP contribution is 2.27. The molecule has 2 rings (SSSR count). The Morgan fingerprint density at radius 1 is 1.08 bits per heavy atom. The van der Waals surface area contributed by atoms with Crippen LogP contribution in [-0.2, 0) is 10.5 Å². The molecular weight excluding hydrogens is 348 g/mol. The average Bonchev–Trinajstić information content (AvgIpc) is 2.65. The van der Waals surface area contributed by atoms with Gasteiger partial charge in [-0.05, 0) is 43.2 Å². The van der Waals surface area contributed by atoms with Crippen molar-refractivity contribution < 1.29 is 14.3 Å². The first-order chi connectivity index (χ1) is 12.7. The van der Waals surface area contributed by atoms with E-state index in [4.69, 9.17) is 9.47 Å². The summed E-state index contributed by atoms with van der Waals surface area (Å²) in [6.45, 7) is 4.97. The Labute approximate surface area is 158 Å². The lowest BCUT2D eigenvalue weighted by Gasteiger charge is -2.11. The predicted octanol–water partition coefficient (Wildman–Crippen LogP) is 3.87. The minimum atomic E-state index is -0.127. The fourth-order valence-corrected chi connectivity index (χ4v) is 2.98. The van der Waals surface area contributed by atoms with E-state index in [1.165, 1.54) is 5.56 Å². The zero-order chi connectivity index (χ0) is 18.6. The Balaban J connectivity index is 1.81. The Morgan fingerprint density at radius 2 is 1.81 bits per heavy atom. The Morgan fingerprint density at radius 3 is 2.54 bits per heavy atom. The first kappa shape index (κ1) is 19.8. The van der Waals surface area contributed by atoms with Gasteiger partial charge in [0, 0.05) is 5.75 Å². The standard InChI is InChI=1S/C20H24N2O3S/c1-3-24-18-11-10-17(12-19(18)25-4-2)13-21-22-20(23)15-26-14-16-8-6-5-7-9-16/h5-13H,3-4,14-15H2,1-2H3,(H,22,23)/b21-13+. The molecule has 0 bridgehead atoms. The molecule has 0 aliphatic rings. The Kier molecular flexibility index (Phi) is 8.55. The van der Waals surface area contributed by atoms with Crippen molar-refractivity contribution in [1.82, 2.24) is 5.43 Å². The van der Waals surface area contributed by atoms with E-state index in [1.807, 2.05) is 62.4 Å². The first-order valence-corrected chi connectivity index (χ1v) is 9.71. The lowest BCUT2D eigenvalue weighted by Crippen LogP contribution is -2.19. The lowest BCUT2D eigenvalue weighted by atomic mass is 10.2. The van der Waals surface area contributed by atoms with Crippen LogP contribution in [0.15, 0.2) is 53.6 Å². The Bertz CT molecular complexity index is 720. The predicted molar refractivity (Wildman–Crippen MR) is 107 cm³/mol. The highest BCUT2D eigenvalue weighted by molar-refractivity contribution is 7.99. The third-order valence-corrected chi connectivity index (χ3v) is 4.32. The van der Waals surface area contributed by atoms with Crippen LogP contribution >= 0.6 is 11.8 Å². The SMILES string of the molecule is CCOc1ccc(/C=N/NC(=O)CSCc2ccccc2)cc1OCC. The first-order valence-electron chi connectivity index (χ1n) is 8.56. The zero-order valence-corrected chi connectivity index (χ0v) is 15.9. The van der Waals surface area contributed by atoms with Gasteiger partial charge in [0.15, 0.2) is 11.5 Å². The van der Waals surface area contributed by atoms with E-state index in [0.29, 0.717) is 30.5 Å². The number of hydrazone groups is 1. The summed E-state index contributed by atoms with van der Waals surface area (Å²) in [6, 6.07) is 15.6. The summed E-state index contributed by atoms with van der Waals surface area (Å²) < 4.78 is 11.1. The number of carbonyl (C=O) groups excluding carboxylic acids is 1. The third-order valence-electron chi connectivity index (χ3n) is 3.32. The number of hydrogen-bond donors (Lipinski definition) is 1. The van der Waals surface area contributed by atoms with Gasteiger partial charge in [-0.25, -0.2) is 5.43 Å². The summed E-state index contributed by atoms with van der Waals surface area (Å²) in [5.74, 6) is 2.41. The fourth-order valence-electron chi connectivity index (χ4n) is 2.19. The molecule has 0 unspecified atom stereocenters. The molecule has 0 spiro atoms. The maximum absolute atomic E-state index is 11.8. The van der Waals surface area contributed by atoms with Crippen LogP contribution in [0, 0.1) is 0 Å². The fraction of sp³-hybridized carbons (Fsp3) is 0.300. The van der Waals surface area contributed by atoms with Gasteiger partial charge in [0.2, 0.25) is 5.91 Å². The smallest absolute Gasteiger partial charge is 0.250 e. The molecule has 0 aliphatic heterocycles. The van der Waals surface area contributed by atoms with Gasteiger partial charge >= 0.3 is 0 Å². The van der Waals surface area contributed by atoms with E-state index in [9.17, 15) is 4.79 Å². The monoisotopic (exact) mass is 372 g/mol. The second kappa shape index (κ2) is 11.2. The summed E-state index contributed by atoms with van der Waals surface area (Å²) in [6.07, 6.45) is 1.60. The van der Waals surface area contributed by atoms with Crippen molar-refractivity contribution in [3.05, 3.63) is 59.7 Å². The van der Waals surface area contributed by atoms with Gasteiger partial charge in [-0.3, -0.25) is 4.79 Å². The number of nitrogens with one attached hydrogen (secondary N) is 1. The van der Waals surface area contributed by atoms with Crippen LogP contribution in [0.2, 0.25) is 0 Å². The summed E-state index contributed by atoms with van der Waals surface area (Å²) in [7, 11) is 0. The van der Waals surface area contributed by atoms with Crippen molar-refractivity contribution in [2.45, 2.75) is 19.6 Å². The number of hydrogen-bond acceptors (Lipinski definition) is 5. The number of rotatable bonds is 10. The number of ether oxygens (including phenoxy) is 2. The van der Waals surface area contributed by atoms with E-state index in [2.05, 4.69) is 10.5 Å². The molecule has 0 heterocycles. The Hall–Kier alpha value is -2.47. The minimum absolute atomic E-state index is 0.127. The number of amides is 1. The van der Waals surface area contributed by atoms with Gasteiger partial charge in [0.05, 0.1) is 25.2 Å². The highest BCUT2D eigenvalue weighted by atomic mass is 32.2. The summed E-state index contributed by atoms with van der Waals surface area (Å²) in [5, 5.41) is 4.01. The van der Waals surface area contributed by atoms with Crippen molar-refractivity contribution in [3.63, 3.8) is 0 Å². The molecule has 26 heavy (non-hydrogen) atoms. The van der Waals surface area contributed by atoms with Crippen molar-refractivity contribution in [3.8, 4) is 11.5 Å². The summed E-state index contributed by atoms with van der Waals surface area (Å²) in [5.41, 5.74) is 4.57. The molecule has 0 radical (unpaired) electrons. The van der Waals surface area contributed by atoms with Crippen molar-refractivity contribution in [1.29, 1.82) is 0 Å². The summed E-state index contributed by atoms with van der Waals surface area (Å²) in [4.78, 5) is 11.8. The van der Waals surface area contributed by atoms with E-state index in [1.54, 1.807) is 18.0 Å². The molecular formula is C20H24N2O3S. The molecule has 2 aromatic rings. The largest absolute Gasteiger partial charge is 0.490 e. The van der Waals surface area contributed by atoms with Crippen LogP contribution in [0.3, 0.4) is 0 Å². The lowest BCUT2D eigenvalue weighted by molar-refractivity contribution is -0.118. The van der Waals surface area contributed by atoms with Gasteiger partial charge in [0.1, 0.15) is 0 Å². The molecule has 0 fully saturated rings. The summed E-state index contributed by atoms with van der Waals surface area (Å²) >= 11 is 1.55. The average molecular weight is 372 g/mol. The van der Waals surface area contributed by atoms with E-state index in [-0.39, 0.29) is 5.91 Å². The van der Waals surface area contributed by atoms with Gasteiger partial charge < -0.3 is 9.47 Å². The van der Waals surface area contributed by atoms with Crippen LogP contribution in [-0.4, -0.2) is 31.1 Å². The maximum atomic E-state index is 11.8. The maximum Gasteiger partial charge on any atom is 0.250 e. The number of benzene rings is 2. The molecule has 2 aromatic carbocycles. The number of nitrogens with zero attached hydrogens (tertiary/aromatic N) is 1. The van der Waals surface area contributed by atoms with Gasteiger partial charge in [-0.1, -0.05) is 30.3 Å². The van der Waals surface area contributed by atoms with Gasteiger partial charge in [-0.2, -0.15) is 5.10 Å². The molecule has 0 aliphatic carbocycles. The number of carbonyl (C=O) groups is 1. The van der Waals surface area contributed by atoms with Crippen LogP contribution < -0.4 is 14.9 Å². The third kappa shape index (κ3) is 6.80. The van der Waals surface area contributed by atoms with E-state index < -0.39 is 0 Å². The highest BCUT2D eigenvalue weighted by Gasteiger charge is 2.05. The zero-order valence-electron chi connectivity index (χ0n) is 15.1. The number of thioether (sulfide) groups is 1. The molecule has 0 saturated heterocycles. The topological polar surface area (TPSA) is 59.9 Å². The molecule has 6 heteroatoms. The van der Waals surface area contributed by atoms with Crippen molar-refractivity contribution in [2.24, 2.45) is 5.10 Å². The van der Waals surface area contributed by atoms with Crippen LogP contribution in [0.1, 0.15) is 25.0 Å². The normalized spacial score (nSPS) is 10.7. The quantitative estimate of drug-likeness (QED) is 0.508. The van der Waals surface area contributed by atoms with E-state index in [0.717, 1.165) is 11.3 Å². The van der Waals surface area contributed by atoms with Crippen molar-refractivity contribution >= 4 is 23.9 Å². The van der Waals surface area contributed by atoms with Crippen LogP contribution in [0.5, 0.6) is 11.5 Å². The van der Waals surface area contributed by atoms with Crippen LogP contribution in [0.25, 0.3) is 0 Å². The minimum Gasteiger partial charge on any atom is -0.490 e. The molecule has 0 aromatic heterocycles. The van der Waals surface area contributed by atoms with Gasteiger partial charge in [-0.15, -0.1) is 11.8 Å².